The number of pyridine rings is 1. The molecule has 5 heteroatoms. The van der Waals surface area contributed by atoms with Crippen molar-refractivity contribution in [3.8, 4) is 0 Å². The van der Waals surface area contributed by atoms with Crippen molar-refractivity contribution in [1.82, 2.24) is 9.88 Å². The first kappa shape index (κ1) is 8.80. The van der Waals surface area contributed by atoms with Crippen LogP contribution in [0.5, 0.6) is 0 Å². The number of amides is 2. The molecule has 2 amide bonds. The number of rotatable bonds is 1. The van der Waals surface area contributed by atoms with Crippen LogP contribution in [0.4, 0.5) is 16.2 Å². The molecule has 1 aliphatic heterocycles. The minimum Gasteiger partial charge on any atom is -0.397 e. The second-order valence-electron chi connectivity index (χ2n) is 3.33. The van der Waals surface area contributed by atoms with E-state index in [2.05, 4.69) is 4.98 Å². The van der Waals surface area contributed by atoms with Crippen molar-refractivity contribution in [2.75, 3.05) is 30.8 Å². The number of hydrogen-bond donors (Lipinski definition) is 1. The number of aromatic nitrogens is 1. The van der Waals surface area contributed by atoms with E-state index in [1.165, 1.54) is 0 Å². The van der Waals surface area contributed by atoms with Crippen LogP contribution in [0.15, 0.2) is 18.5 Å². The van der Waals surface area contributed by atoms with Gasteiger partial charge in [-0.05, 0) is 6.07 Å². The van der Waals surface area contributed by atoms with E-state index in [-0.39, 0.29) is 6.03 Å². The number of nitrogens with two attached hydrogens (primary N) is 1. The first-order valence-corrected chi connectivity index (χ1v) is 4.41. The fraction of sp³-hybridized carbons (Fsp3) is 0.333. The largest absolute Gasteiger partial charge is 0.397 e. The van der Waals surface area contributed by atoms with E-state index in [1.54, 1.807) is 35.3 Å². The number of likely N-dealkylation sites (N-methyl/N-ethyl adjacent to an activating group) is 1. The lowest BCUT2D eigenvalue weighted by Gasteiger charge is -2.15. The molecule has 0 saturated carbocycles. The smallest absolute Gasteiger partial charge is 0.324 e. The highest BCUT2D eigenvalue weighted by Gasteiger charge is 2.26. The fourth-order valence-corrected chi connectivity index (χ4v) is 1.48. The molecule has 1 aromatic rings. The van der Waals surface area contributed by atoms with Gasteiger partial charge < -0.3 is 10.6 Å². The normalized spacial score (nSPS) is 16.5. The maximum absolute atomic E-state index is 11.6. The van der Waals surface area contributed by atoms with Gasteiger partial charge in [-0.15, -0.1) is 0 Å². The summed E-state index contributed by atoms with van der Waals surface area (Å²) in [6, 6.07) is 1.75. The van der Waals surface area contributed by atoms with Gasteiger partial charge in [-0.1, -0.05) is 0 Å². The lowest BCUT2D eigenvalue weighted by molar-refractivity contribution is 0.229. The van der Waals surface area contributed by atoms with Crippen molar-refractivity contribution >= 4 is 17.4 Å². The molecule has 1 aromatic heterocycles. The Kier molecular flexibility index (Phi) is 1.99. The highest BCUT2D eigenvalue weighted by atomic mass is 16.2. The summed E-state index contributed by atoms with van der Waals surface area (Å²) in [5.74, 6) is 0. The molecule has 0 spiro atoms. The number of carbonyl (C=O) groups is 1. The van der Waals surface area contributed by atoms with Crippen molar-refractivity contribution in [2.24, 2.45) is 0 Å². The van der Waals surface area contributed by atoms with Gasteiger partial charge in [0.25, 0.3) is 0 Å². The Bertz CT molecular complexity index is 366. The Morgan fingerprint density at radius 3 is 2.79 bits per heavy atom. The molecule has 0 bridgehead atoms. The number of nitrogen functional groups attached to an aromatic ring is 1. The topological polar surface area (TPSA) is 62.5 Å². The average molecular weight is 192 g/mol. The van der Waals surface area contributed by atoms with Crippen LogP contribution < -0.4 is 10.6 Å². The summed E-state index contributed by atoms with van der Waals surface area (Å²) in [6.45, 7) is 1.44. The molecule has 2 N–H and O–H groups in total. The van der Waals surface area contributed by atoms with Crippen LogP contribution in [0, 0.1) is 0 Å². The second-order valence-corrected chi connectivity index (χ2v) is 3.33. The zero-order valence-electron chi connectivity index (χ0n) is 7.97. The molecule has 2 rings (SSSR count). The van der Waals surface area contributed by atoms with Crippen LogP contribution in [0.1, 0.15) is 0 Å². The molecule has 1 saturated heterocycles. The highest BCUT2D eigenvalue weighted by molar-refractivity contribution is 5.94. The molecule has 0 radical (unpaired) electrons. The summed E-state index contributed by atoms with van der Waals surface area (Å²) in [5.41, 5.74) is 6.93. The van der Waals surface area contributed by atoms with E-state index in [9.17, 15) is 4.79 Å². The summed E-state index contributed by atoms with van der Waals surface area (Å²) in [7, 11) is 1.78. The molecular weight excluding hydrogens is 180 g/mol. The minimum absolute atomic E-state index is 0.00241. The van der Waals surface area contributed by atoms with Gasteiger partial charge in [-0.2, -0.15) is 0 Å². The predicted octanol–water partition coefficient (Wildman–Crippen LogP) is 0.536. The van der Waals surface area contributed by atoms with Gasteiger partial charge in [-0.25, -0.2) is 4.79 Å². The maximum atomic E-state index is 11.6. The molecule has 2 heterocycles. The van der Waals surface area contributed by atoms with E-state index in [0.29, 0.717) is 12.2 Å². The van der Waals surface area contributed by atoms with E-state index in [1.807, 2.05) is 0 Å². The van der Waals surface area contributed by atoms with Crippen LogP contribution in [-0.2, 0) is 0 Å². The first-order chi connectivity index (χ1) is 6.68. The summed E-state index contributed by atoms with van der Waals surface area (Å²) >= 11 is 0. The van der Waals surface area contributed by atoms with Gasteiger partial charge in [0.15, 0.2) is 0 Å². The lowest BCUT2D eigenvalue weighted by atomic mass is 10.3. The summed E-state index contributed by atoms with van der Waals surface area (Å²) in [4.78, 5) is 18.9. The van der Waals surface area contributed by atoms with Crippen molar-refractivity contribution in [2.45, 2.75) is 0 Å². The number of nitrogens with zero attached hydrogens (tertiary/aromatic N) is 3. The fourth-order valence-electron chi connectivity index (χ4n) is 1.48. The molecule has 1 aliphatic rings. The Labute approximate surface area is 82.1 Å². The SMILES string of the molecule is CN1CCN(c2cncc(N)c2)C1=O. The predicted molar refractivity (Wildman–Crippen MR) is 54.0 cm³/mol. The molecule has 1 fully saturated rings. The van der Waals surface area contributed by atoms with Crippen LogP contribution >= 0.6 is 0 Å². The Hall–Kier alpha value is -1.78. The van der Waals surface area contributed by atoms with E-state index < -0.39 is 0 Å². The molecule has 0 aromatic carbocycles. The van der Waals surface area contributed by atoms with Gasteiger partial charge in [0, 0.05) is 26.3 Å². The van der Waals surface area contributed by atoms with Gasteiger partial charge >= 0.3 is 6.03 Å². The number of urea groups is 1. The monoisotopic (exact) mass is 192 g/mol. The molecule has 74 valence electrons. The maximum Gasteiger partial charge on any atom is 0.324 e. The van der Waals surface area contributed by atoms with E-state index in [0.717, 1.165) is 12.2 Å². The molecule has 5 nitrogen and oxygen atoms in total. The summed E-state index contributed by atoms with van der Waals surface area (Å²) < 4.78 is 0. The number of anilines is 2. The number of carbonyl (C=O) groups excluding carboxylic acids is 1. The summed E-state index contributed by atoms with van der Waals surface area (Å²) in [6.07, 6.45) is 3.21. The quantitative estimate of drug-likeness (QED) is 0.706. The van der Waals surface area contributed by atoms with Crippen LogP contribution in [0.3, 0.4) is 0 Å². The highest BCUT2D eigenvalue weighted by Crippen LogP contribution is 2.19. The third kappa shape index (κ3) is 1.37. The summed E-state index contributed by atoms with van der Waals surface area (Å²) in [5, 5.41) is 0. The number of hydrogen-bond acceptors (Lipinski definition) is 3. The van der Waals surface area contributed by atoms with Crippen molar-refractivity contribution in [3.05, 3.63) is 18.5 Å². The lowest BCUT2D eigenvalue weighted by Crippen LogP contribution is -2.29. The average Bonchev–Trinajstić information content (AvgIpc) is 2.48. The van der Waals surface area contributed by atoms with Crippen molar-refractivity contribution in [1.29, 1.82) is 0 Å². The third-order valence-electron chi connectivity index (χ3n) is 2.27. The van der Waals surface area contributed by atoms with Crippen LogP contribution in [-0.4, -0.2) is 36.1 Å². The van der Waals surface area contributed by atoms with Crippen LogP contribution in [0.2, 0.25) is 0 Å². The van der Waals surface area contributed by atoms with Crippen molar-refractivity contribution in [3.63, 3.8) is 0 Å². The van der Waals surface area contributed by atoms with E-state index >= 15 is 0 Å². The Morgan fingerprint density at radius 1 is 1.43 bits per heavy atom. The van der Waals surface area contributed by atoms with Gasteiger partial charge in [0.1, 0.15) is 0 Å². The molecule has 0 unspecified atom stereocenters. The third-order valence-corrected chi connectivity index (χ3v) is 2.27. The molecular formula is C9H12N4O. The molecule has 0 atom stereocenters. The van der Waals surface area contributed by atoms with Crippen LogP contribution in [0.25, 0.3) is 0 Å². The van der Waals surface area contributed by atoms with Gasteiger partial charge in [-0.3, -0.25) is 9.88 Å². The van der Waals surface area contributed by atoms with Gasteiger partial charge in [0.05, 0.1) is 17.6 Å². The molecule has 0 aliphatic carbocycles. The minimum atomic E-state index is -0.00241. The molecule has 14 heavy (non-hydrogen) atoms. The zero-order chi connectivity index (χ0) is 10.1. The first-order valence-electron chi connectivity index (χ1n) is 4.41. The second kappa shape index (κ2) is 3.17. The van der Waals surface area contributed by atoms with Gasteiger partial charge in [0.2, 0.25) is 0 Å². The Balaban J connectivity index is 2.28. The zero-order valence-corrected chi connectivity index (χ0v) is 7.97. The van der Waals surface area contributed by atoms with Crippen molar-refractivity contribution < 1.29 is 4.79 Å². The van der Waals surface area contributed by atoms with E-state index in [4.69, 9.17) is 5.73 Å². The Morgan fingerprint density at radius 2 is 2.21 bits per heavy atom. The standard InChI is InChI=1S/C9H12N4O/c1-12-2-3-13(9(12)14)8-4-7(10)5-11-6-8/h4-6H,2-3,10H2,1H3.